The van der Waals surface area contributed by atoms with Gasteiger partial charge in [-0.05, 0) is 18.2 Å². The van der Waals surface area contributed by atoms with E-state index in [9.17, 15) is 9.90 Å². The van der Waals surface area contributed by atoms with E-state index < -0.39 is 5.97 Å². The number of aromatic carboxylic acids is 1. The van der Waals surface area contributed by atoms with Gasteiger partial charge in [0.1, 0.15) is 0 Å². The average molecular weight is 185 g/mol. The van der Waals surface area contributed by atoms with E-state index in [1.165, 1.54) is 17.4 Å². The van der Waals surface area contributed by atoms with Gasteiger partial charge in [0.05, 0.1) is 21.1 Å². The molecule has 0 saturated carbocycles. The number of carbonyl (C=O) groups is 1. The Kier molecular flexibility index (Phi) is 3.10. The van der Waals surface area contributed by atoms with Crippen LogP contribution in [0.15, 0.2) is 24.4 Å². The zero-order valence-electron chi connectivity index (χ0n) is 6.98. The average Bonchev–Trinajstić information content (AvgIpc) is 2.46. The van der Waals surface area contributed by atoms with Crippen LogP contribution in [0.4, 0.5) is 0 Å². The Morgan fingerprint density at radius 2 is 2.31 bits per heavy atom. The summed E-state index contributed by atoms with van der Waals surface area (Å²) in [7, 11) is 0. The minimum Gasteiger partial charge on any atom is -0.544 e. The standard InChI is InChI=1S/C8H5NO2S.Li/c10-8(11)7-4-5-6(12-7)2-1-3-9-5;/h1-4H,(H,10,11);/q;+1/p-1. The van der Waals surface area contributed by atoms with Crippen molar-refractivity contribution in [1.29, 1.82) is 0 Å². The number of hydrogen-bond acceptors (Lipinski definition) is 4. The molecule has 60 valence electrons. The molecule has 13 heavy (non-hydrogen) atoms. The Morgan fingerprint density at radius 3 is 2.92 bits per heavy atom. The second kappa shape index (κ2) is 3.92. The molecule has 5 heteroatoms. The molecule has 0 radical (unpaired) electrons. The van der Waals surface area contributed by atoms with E-state index in [4.69, 9.17) is 0 Å². The fraction of sp³-hybridized carbons (Fsp3) is 0. The molecule has 0 fully saturated rings. The van der Waals surface area contributed by atoms with E-state index >= 15 is 0 Å². The number of nitrogens with zero attached hydrogens (tertiary/aromatic N) is 1. The fourth-order valence-electron chi connectivity index (χ4n) is 0.970. The van der Waals surface area contributed by atoms with Crippen molar-refractivity contribution in [3.05, 3.63) is 29.3 Å². The van der Waals surface area contributed by atoms with Crippen molar-refractivity contribution in [3.8, 4) is 0 Å². The van der Waals surface area contributed by atoms with Gasteiger partial charge >= 0.3 is 18.9 Å². The Labute approximate surface area is 90.6 Å². The first-order valence-corrected chi connectivity index (χ1v) is 4.15. The molecule has 0 aliphatic rings. The molecule has 0 aliphatic carbocycles. The molecular formula is C8H4LiNO2S. The summed E-state index contributed by atoms with van der Waals surface area (Å²) in [4.78, 5) is 14.7. The van der Waals surface area contributed by atoms with Crippen molar-refractivity contribution in [3.63, 3.8) is 0 Å². The van der Waals surface area contributed by atoms with Gasteiger partial charge in [0.15, 0.2) is 0 Å². The topological polar surface area (TPSA) is 53.0 Å². The van der Waals surface area contributed by atoms with Crippen molar-refractivity contribution >= 4 is 27.5 Å². The quantitative estimate of drug-likeness (QED) is 0.468. The van der Waals surface area contributed by atoms with Crippen LogP contribution in [0.2, 0.25) is 0 Å². The maximum Gasteiger partial charge on any atom is 1.00 e. The molecule has 2 heterocycles. The zero-order chi connectivity index (χ0) is 8.55. The number of aromatic nitrogens is 1. The van der Waals surface area contributed by atoms with Gasteiger partial charge in [-0.3, -0.25) is 4.98 Å². The van der Waals surface area contributed by atoms with Gasteiger partial charge in [-0.25, -0.2) is 0 Å². The second-order valence-electron chi connectivity index (χ2n) is 2.28. The number of pyridine rings is 1. The Balaban J connectivity index is 0.000000845. The molecule has 2 rings (SSSR count). The first-order chi connectivity index (χ1) is 5.77. The second-order valence-corrected chi connectivity index (χ2v) is 3.37. The van der Waals surface area contributed by atoms with Crippen molar-refractivity contribution in [1.82, 2.24) is 4.98 Å². The molecule has 2 aromatic rings. The SMILES string of the molecule is O=C([O-])c1cc2ncccc2s1.[Li+]. The Bertz CT molecular complexity index is 407. The predicted molar refractivity (Wildman–Crippen MR) is 44.0 cm³/mol. The number of carboxylic acid groups (broad SMARTS) is 1. The first-order valence-electron chi connectivity index (χ1n) is 3.33. The maximum atomic E-state index is 10.4. The summed E-state index contributed by atoms with van der Waals surface area (Å²) in [5.74, 6) is -1.14. The zero-order valence-corrected chi connectivity index (χ0v) is 7.80. The summed E-state index contributed by atoms with van der Waals surface area (Å²) in [5, 5.41) is 10.4. The smallest absolute Gasteiger partial charge is 0.544 e. The number of hydrogen-bond donors (Lipinski definition) is 0. The van der Waals surface area contributed by atoms with Crippen molar-refractivity contribution in [2.75, 3.05) is 0 Å². The summed E-state index contributed by atoms with van der Waals surface area (Å²) in [6.07, 6.45) is 1.63. The monoisotopic (exact) mass is 185 g/mol. The molecule has 3 nitrogen and oxygen atoms in total. The molecule has 0 amide bonds. The molecule has 0 aliphatic heterocycles. The number of fused-ring (bicyclic) bond motifs is 1. The van der Waals surface area contributed by atoms with Crippen LogP contribution in [0.25, 0.3) is 10.2 Å². The van der Waals surface area contributed by atoms with E-state index in [1.54, 1.807) is 12.3 Å². The van der Waals surface area contributed by atoms with Crippen molar-refractivity contribution in [2.45, 2.75) is 0 Å². The summed E-state index contributed by atoms with van der Waals surface area (Å²) < 4.78 is 0.872. The van der Waals surface area contributed by atoms with Crippen LogP contribution in [0.5, 0.6) is 0 Å². The minimum atomic E-state index is -1.14. The van der Waals surface area contributed by atoms with E-state index in [0.29, 0.717) is 5.52 Å². The summed E-state index contributed by atoms with van der Waals surface area (Å²) in [5.41, 5.74) is 0.710. The van der Waals surface area contributed by atoms with E-state index in [-0.39, 0.29) is 23.7 Å². The van der Waals surface area contributed by atoms with Crippen LogP contribution >= 0.6 is 11.3 Å². The summed E-state index contributed by atoms with van der Waals surface area (Å²) in [6, 6.07) is 5.13. The predicted octanol–water partition coefficient (Wildman–Crippen LogP) is -2.34. The molecule has 0 unspecified atom stereocenters. The Hall–Kier alpha value is -0.823. The fourth-order valence-corrected chi connectivity index (χ4v) is 1.82. The molecule has 0 aromatic carbocycles. The minimum absolute atomic E-state index is 0. The largest absolute Gasteiger partial charge is 1.00 e. The van der Waals surface area contributed by atoms with Crippen LogP contribution < -0.4 is 24.0 Å². The number of rotatable bonds is 1. The van der Waals surface area contributed by atoms with Crippen molar-refractivity contribution in [2.24, 2.45) is 0 Å². The molecular weight excluding hydrogens is 181 g/mol. The van der Waals surface area contributed by atoms with Gasteiger partial charge < -0.3 is 9.90 Å². The van der Waals surface area contributed by atoms with Crippen LogP contribution in [-0.4, -0.2) is 11.0 Å². The normalized spacial score (nSPS) is 9.54. The van der Waals surface area contributed by atoms with Crippen LogP contribution in [0.3, 0.4) is 0 Å². The summed E-state index contributed by atoms with van der Waals surface area (Å²) in [6.45, 7) is 0. The van der Waals surface area contributed by atoms with E-state index in [1.807, 2.05) is 6.07 Å². The third-order valence-electron chi connectivity index (χ3n) is 1.49. The number of carboxylic acids is 1. The van der Waals surface area contributed by atoms with Crippen LogP contribution in [-0.2, 0) is 0 Å². The van der Waals surface area contributed by atoms with Gasteiger partial charge in [-0.2, -0.15) is 0 Å². The van der Waals surface area contributed by atoms with E-state index in [2.05, 4.69) is 4.98 Å². The molecule has 0 atom stereocenters. The number of carbonyl (C=O) groups excluding carboxylic acids is 1. The van der Waals surface area contributed by atoms with E-state index in [0.717, 1.165) is 4.70 Å². The summed E-state index contributed by atoms with van der Waals surface area (Å²) >= 11 is 1.18. The maximum absolute atomic E-state index is 10.4. The van der Waals surface area contributed by atoms with Crippen molar-refractivity contribution < 1.29 is 28.8 Å². The van der Waals surface area contributed by atoms with Gasteiger partial charge in [-0.1, -0.05) is 0 Å². The molecule has 0 bridgehead atoms. The molecule has 0 N–H and O–H groups in total. The third-order valence-corrected chi connectivity index (χ3v) is 2.56. The Morgan fingerprint density at radius 1 is 1.54 bits per heavy atom. The van der Waals surface area contributed by atoms with Crippen LogP contribution in [0, 0.1) is 0 Å². The first kappa shape index (κ1) is 10.3. The number of thiophene rings is 1. The van der Waals surface area contributed by atoms with Gasteiger partial charge in [0, 0.05) is 6.20 Å². The van der Waals surface area contributed by atoms with Gasteiger partial charge in [0.2, 0.25) is 0 Å². The molecule has 0 spiro atoms. The molecule has 2 aromatic heterocycles. The molecule has 0 saturated heterocycles. The van der Waals surface area contributed by atoms with Gasteiger partial charge in [0.25, 0.3) is 0 Å². The van der Waals surface area contributed by atoms with Gasteiger partial charge in [-0.15, -0.1) is 11.3 Å². The third kappa shape index (κ3) is 1.91. The van der Waals surface area contributed by atoms with Crippen LogP contribution in [0.1, 0.15) is 9.67 Å².